The highest BCUT2D eigenvalue weighted by atomic mass is 28.4. The number of benzene rings is 1. The van der Waals surface area contributed by atoms with E-state index in [-0.39, 0.29) is 11.2 Å². The van der Waals surface area contributed by atoms with Gasteiger partial charge in [-0.1, -0.05) is 6.07 Å². The summed E-state index contributed by atoms with van der Waals surface area (Å²) in [6.07, 6.45) is -4.81. The topological polar surface area (TPSA) is 58.9 Å². The lowest BCUT2D eigenvalue weighted by Crippen LogP contribution is -2.37. The first-order valence-electron chi connectivity index (χ1n) is 5.43. The molecule has 0 heterocycles. The van der Waals surface area contributed by atoms with Crippen molar-refractivity contribution in [2.24, 2.45) is 0 Å². The number of hydrogen-bond acceptors (Lipinski definition) is 4. The van der Waals surface area contributed by atoms with Crippen LogP contribution in [0.4, 0.5) is 13.2 Å². The Bertz CT molecular complexity index is 445. The predicted molar refractivity (Wildman–Crippen MR) is 66.9 cm³/mol. The Hall–Kier alpha value is -1.19. The average Bonchev–Trinajstić information content (AvgIpc) is 2.11. The normalized spacial score (nSPS) is 12.2. The van der Waals surface area contributed by atoms with Crippen molar-refractivity contribution in [2.45, 2.75) is 26.0 Å². The molecule has 0 aliphatic rings. The van der Waals surface area contributed by atoms with Gasteiger partial charge in [0.15, 0.2) is 0 Å². The van der Waals surface area contributed by atoms with E-state index < -0.39 is 27.5 Å². The van der Waals surface area contributed by atoms with Crippen LogP contribution in [0.2, 0.25) is 19.6 Å². The molecule has 1 aromatic carbocycles. The van der Waals surface area contributed by atoms with Gasteiger partial charge >= 0.3 is 13.5 Å². The molecular formula is C10H14BF3O4Si. The van der Waals surface area contributed by atoms with Crippen LogP contribution in [0.15, 0.2) is 18.2 Å². The quantitative estimate of drug-likeness (QED) is 0.826. The molecule has 0 aliphatic carbocycles. The zero-order chi connectivity index (χ0) is 14.8. The maximum absolute atomic E-state index is 12.1. The van der Waals surface area contributed by atoms with Gasteiger partial charge in [-0.3, -0.25) is 0 Å². The number of alkyl halides is 3. The van der Waals surface area contributed by atoms with Crippen LogP contribution in [0.5, 0.6) is 11.5 Å². The molecule has 0 radical (unpaired) electrons. The fourth-order valence-corrected chi connectivity index (χ4v) is 2.18. The van der Waals surface area contributed by atoms with Crippen LogP contribution in [0.3, 0.4) is 0 Å². The van der Waals surface area contributed by atoms with Crippen molar-refractivity contribution in [3.63, 3.8) is 0 Å². The first-order valence-corrected chi connectivity index (χ1v) is 8.83. The summed E-state index contributed by atoms with van der Waals surface area (Å²) in [5.41, 5.74) is -0.00282. The first-order chi connectivity index (χ1) is 8.48. The predicted octanol–water partition coefficient (Wildman–Crippen LogP) is 1.48. The molecule has 0 saturated carbocycles. The maximum Gasteiger partial charge on any atom is 0.573 e. The lowest BCUT2D eigenvalue weighted by molar-refractivity contribution is -0.274. The monoisotopic (exact) mass is 294 g/mol. The molecule has 0 saturated heterocycles. The van der Waals surface area contributed by atoms with Gasteiger partial charge in [-0.05, 0) is 25.7 Å². The lowest BCUT2D eigenvalue weighted by atomic mass is 9.79. The smallest absolute Gasteiger partial charge is 0.544 e. The van der Waals surface area contributed by atoms with Gasteiger partial charge in [-0.2, -0.15) is 0 Å². The van der Waals surface area contributed by atoms with Crippen LogP contribution < -0.4 is 14.6 Å². The van der Waals surface area contributed by atoms with Crippen LogP contribution in [0, 0.1) is 0 Å². The average molecular weight is 294 g/mol. The van der Waals surface area contributed by atoms with Gasteiger partial charge in [0.2, 0.25) is 8.32 Å². The molecule has 0 amide bonds. The summed E-state index contributed by atoms with van der Waals surface area (Å²) < 4.78 is 45.6. The second-order valence-corrected chi connectivity index (χ2v) is 9.26. The summed E-state index contributed by atoms with van der Waals surface area (Å²) in [5, 5.41) is 18.3. The van der Waals surface area contributed by atoms with Crippen molar-refractivity contribution in [1.82, 2.24) is 0 Å². The first kappa shape index (κ1) is 15.9. The molecule has 0 aliphatic heterocycles. The summed E-state index contributed by atoms with van der Waals surface area (Å²) in [5.74, 6) is -0.485. The van der Waals surface area contributed by atoms with Crippen molar-refractivity contribution in [2.75, 3.05) is 0 Å². The molecule has 0 fully saturated rings. The Kier molecular flexibility index (Phi) is 4.54. The Labute approximate surface area is 110 Å². The molecule has 2 N–H and O–H groups in total. The van der Waals surface area contributed by atoms with Gasteiger partial charge in [-0.15, -0.1) is 13.2 Å². The Morgan fingerprint density at radius 1 is 1.16 bits per heavy atom. The number of hydrogen-bond donors (Lipinski definition) is 2. The second kappa shape index (κ2) is 5.43. The highest BCUT2D eigenvalue weighted by Gasteiger charge is 2.32. The zero-order valence-electron chi connectivity index (χ0n) is 10.7. The highest BCUT2D eigenvalue weighted by Crippen LogP contribution is 2.26. The van der Waals surface area contributed by atoms with E-state index in [9.17, 15) is 13.2 Å². The van der Waals surface area contributed by atoms with E-state index in [2.05, 4.69) is 4.74 Å². The lowest BCUT2D eigenvalue weighted by Gasteiger charge is -2.22. The van der Waals surface area contributed by atoms with Crippen LogP contribution >= 0.6 is 0 Å². The van der Waals surface area contributed by atoms with Gasteiger partial charge in [-0.25, -0.2) is 0 Å². The molecule has 1 aromatic rings. The molecule has 9 heteroatoms. The van der Waals surface area contributed by atoms with Crippen molar-refractivity contribution < 1.29 is 32.4 Å². The van der Waals surface area contributed by atoms with Crippen molar-refractivity contribution in [3.05, 3.63) is 18.2 Å². The molecule has 0 aromatic heterocycles. The van der Waals surface area contributed by atoms with E-state index in [4.69, 9.17) is 14.5 Å². The molecule has 0 bridgehead atoms. The van der Waals surface area contributed by atoms with Crippen molar-refractivity contribution in [1.29, 1.82) is 0 Å². The summed E-state index contributed by atoms with van der Waals surface area (Å²) >= 11 is 0. The number of rotatable bonds is 4. The minimum atomic E-state index is -4.81. The van der Waals surface area contributed by atoms with Crippen molar-refractivity contribution >= 4 is 20.9 Å². The van der Waals surface area contributed by atoms with E-state index in [1.165, 1.54) is 0 Å². The fourth-order valence-electron chi connectivity index (χ4n) is 1.34. The van der Waals surface area contributed by atoms with E-state index >= 15 is 0 Å². The summed E-state index contributed by atoms with van der Waals surface area (Å²) in [6, 6.07) is 3.13. The van der Waals surface area contributed by atoms with Crippen LogP contribution in [-0.2, 0) is 0 Å². The van der Waals surface area contributed by atoms with Crippen LogP contribution in [0.25, 0.3) is 0 Å². The molecule has 4 nitrogen and oxygen atoms in total. The van der Waals surface area contributed by atoms with E-state index in [0.29, 0.717) is 0 Å². The Balaban J connectivity index is 3.11. The summed E-state index contributed by atoms with van der Waals surface area (Å²) in [6.45, 7) is 5.45. The second-order valence-electron chi connectivity index (χ2n) is 4.84. The zero-order valence-corrected chi connectivity index (χ0v) is 11.7. The van der Waals surface area contributed by atoms with E-state index in [0.717, 1.165) is 18.2 Å². The Morgan fingerprint density at radius 2 is 1.74 bits per heavy atom. The van der Waals surface area contributed by atoms with Gasteiger partial charge in [0.25, 0.3) is 0 Å². The van der Waals surface area contributed by atoms with E-state index in [1.807, 2.05) is 19.6 Å². The van der Waals surface area contributed by atoms with Crippen molar-refractivity contribution in [3.8, 4) is 11.5 Å². The van der Waals surface area contributed by atoms with Gasteiger partial charge in [0.1, 0.15) is 11.5 Å². The Morgan fingerprint density at radius 3 is 2.16 bits per heavy atom. The van der Waals surface area contributed by atoms with Crippen LogP contribution in [-0.4, -0.2) is 31.8 Å². The minimum absolute atomic E-state index is 0.00282. The third-order valence-electron chi connectivity index (χ3n) is 1.91. The molecular weight excluding hydrogens is 280 g/mol. The summed E-state index contributed by atoms with van der Waals surface area (Å²) in [7, 11) is -3.94. The molecule has 1 rings (SSSR count). The van der Waals surface area contributed by atoms with Gasteiger partial charge in [0.05, 0.1) is 0 Å². The highest BCUT2D eigenvalue weighted by molar-refractivity contribution is 6.71. The standard InChI is InChI=1S/C10H14BF3O4Si/c1-19(2,3)18-9-6-7(17-10(12,13)14)4-5-8(9)11(15)16/h4-6,15-16H,1-3H3. The largest absolute Gasteiger partial charge is 0.573 e. The molecule has 0 unspecified atom stereocenters. The number of halogens is 3. The van der Waals surface area contributed by atoms with E-state index in [1.54, 1.807) is 0 Å². The van der Waals surface area contributed by atoms with Crippen LogP contribution in [0.1, 0.15) is 0 Å². The third kappa shape index (κ3) is 5.54. The number of ether oxygens (including phenoxy) is 1. The molecule has 0 atom stereocenters. The summed E-state index contributed by atoms with van der Waals surface area (Å²) in [4.78, 5) is 0. The fraction of sp³-hybridized carbons (Fsp3) is 0.400. The molecule has 106 valence electrons. The molecule has 0 spiro atoms. The molecule has 19 heavy (non-hydrogen) atoms. The van der Waals surface area contributed by atoms with Gasteiger partial charge < -0.3 is 19.2 Å². The van der Waals surface area contributed by atoms with Gasteiger partial charge in [0, 0.05) is 11.5 Å². The maximum atomic E-state index is 12.1. The third-order valence-corrected chi connectivity index (χ3v) is 2.75. The SMILES string of the molecule is C[Si](C)(C)Oc1cc(OC(F)(F)F)ccc1B(O)O. The minimum Gasteiger partial charge on any atom is -0.544 e.